The lowest BCUT2D eigenvalue weighted by Crippen LogP contribution is -2.50. The van der Waals surface area contributed by atoms with Crippen molar-refractivity contribution in [3.63, 3.8) is 0 Å². The minimum Gasteiger partial charge on any atom is -0.491 e. The lowest BCUT2D eigenvalue weighted by atomic mass is 10.0. The maximum absolute atomic E-state index is 12.8. The number of hydrogen-bond acceptors (Lipinski definition) is 6. The molecule has 158 valence electrons. The van der Waals surface area contributed by atoms with Crippen molar-refractivity contribution in [3.8, 4) is 16.9 Å². The summed E-state index contributed by atoms with van der Waals surface area (Å²) in [6.45, 7) is 2.93. The first-order valence-corrected chi connectivity index (χ1v) is 9.41. The minimum atomic E-state index is -1.02. The molecule has 0 aliphatic carbocycles. The number of nitrogens with zero attached hydrogens (tertiary/aromatic N) is 4. The summed E-state index contributed by atoms with van der Waals surface area (Å²) in [7, 11) is 1.53. The number of carbonyl (C=O) groups excluding carboxylic acids is 3. The van der Waals surface area contributed by atoms with Gasteiger partial charge in [-0.2, -0.15) is 0 Å². The van der Waals surface area contributed by atoms with E-state index in [0.717, 1.165) is 16.0 Å². The van der Waals surface area contributed by atoms with Crippen LogP contribution in [-0.4, -0.2) is 75.2 Å². The second kappa shape index (κ2) is 8.50. The zero-order valence-electron chi connectivity index (χ0n) is 17.1. The summed E-state index contributed by atoms with van der Waals surface area (Å²) >= 11 is 0. The van der Waals surface area contributed by atoms with E-state index in [2.05, 4.69) is 4.98 Å². The summed E-state index contributed by atoms with van der Waals surface area (Å²) in [6.07, 6.45) is 3.64. The first kappa shape index (κ1) is 21.3. The Morgan fingerprint density at radius 2 is 1.73 bits per heavy atom. The third-order valence-electron chi connectivity index (χ3n) is 5.27. The van der Waals surface area contributed by atoms with Gasteiger partial charge in [0.1, 0.15) is 17.9 Å². The van der Waals surface area contributed by atoms with Crippen LogP contribution in [0.5, 0.6) is 5.75 Å². The largest absolute Gasteiger partial charge is 0.491 e. The first-order chi connectivity index (χ1) is 14.3. The third kappa shape index (κ3) is 4.11. The van der Waals surface area contributed by atoms with E-state index in [1.54, 1.807) is 38.4 Å². The van der Waals surface area contributed by atoms with Crippen molar-refractivity contribution in [2.24, 2.45) is 0 Å². The number of urea groups is 1. The molecule has 9 nitrogen and oxygen atoms in total. The molecule has 0 radical (unpaired) electrons. The van der Waals surface area contributed by atoms with Gasteiger partial charge in [0.2, 0.25) is 6.41 Å². The predicted octanol–water partition coefficient (Wildman–Crippen LogP) is 2.02. The van der Waals surface area contributed by atoms with Crippen molar-refractivity contribution in [1.82, 2.24) is 19.8 Å². The van der Waals surface area contributed by atoms with Crippen molar-refractivity contribution in [2.45, 2.75) is 25.4 Å². The van der Waals surface area contributed by atoms with E-state index < -0.39 is 23.5 Å². The smallest absolute Gasteiger partial charge is 0.327 e. The van der Waals surface area contributed by atoms with Crippen LogP contribution in [0.15, 0.2) is 48.8 Å². The summed E-state index contributed by atoms with van der Waals surface area (Å²) in [5.41, 5.74) is 0.968. The molecule has 1 aliphatic heterocycles. The number of carbonyl (C=O) groups is 3. The zero-order chi connectivity index (χ0) is 21.9. The van der Waals surface area contributed by atoms with Gasteiger partial charge in [0.25, 0.3) is 5.91 Å². The molecule has 1 fully saturated rings. The van der Waals surface area contributed by atoms with E-state index >= 15 is 0 Å². The number of benzene rings is 1. The normalized spacial score (nSPS) is 16.5. The summed E-state index contributed by atoms with van der Waals surface area (Å²) in [5.74, 6) is 0.107. The minimum absolute atomic E-state index is 0.0824. The first-order valence-electron chi connectivity index (χ1n) is 9.41. The number of likely N-dealkylation sites (N-methyl/N-ethyl adjacent to an activating group) is 1. The molecule has 1 atom stereocenters. The molecule has 2 aromatic rings. The Labute approximate surface area is 174 Å². The van der Waals surface area contributed by atoms with Gasteiger partial charge in [-0.25, -0.2) is 9.86 Å². The SMILES string of the molecule is CN1C(=O)N(C(COc2ccc(-c3ccncc3)cc2)CN(O)C=O)C(=O)C1(C)C. The number of hydroxylamine groups is 2. The predicted molar refractivity (Wildman–Crippen MR) is 108 cm³/mol. The van der Waals surface area contributed by atoms with Crippen molar-refractivity contribution in [1.29, 1.82) is 0 Å². The second-order valence-corrected chi connectivity index (χ2v) is 7.53. The Bertz CT molecular complexity index is 917. The molecule has 0 spiro atoms. The number of ether oxygens (including phenoxy) is 1. The summed E-state index contributed by atoms with van der Waals surface area (Å²) in [4.78, 5) is 42.7. The van der Waals surface area contributed by atoms with E-state index in [4.69, 9.17) is 4.74 Å². The standard InChI is InChI=1S/C21H24N4O5/c1-21(2)19(27)25(20(28)23(21)3)17(12-24(29)14-26)13-30-18-6-4-15(5-7-18)16-8-10-22-11-9-16/h4-11,14,17,29H,12-13H2,1-3H3. The molecule has 30 heavy (non-hydrogen) atoms. The van der Waals surface area contributed by atoms with Gasteiger partial charge in [-0.05, 0) is 49.2 Å². The molecule has 1 unspecified atom stereocenters. The van der Waals surface area contributed by atoms with Crippen molar-refractivity contribution in [3.05, 3.63) is 48.8 Å². The van der Waals surface area contributed by atoms with Gasteiger partial charge in [-0.3, -0.25) is 24.7 Å². The highest BCUT2D eigenvalue weighted by molar-refractivity contribution is 6.06. The highest BCUT2D eigenvalue weighted by Crippen LogP contribution is 2.28. The third-order valence-corrected chi connectivity index (χ3v) is 5.27. The fourth-order valence-corrected chi connectivity index (χ4v) is 3.20. The molecule has 1 aromatic heterocycles. The molecule has 4 amide bonds. The van der Waals surface area contributed by atoms with Crippen LogP contribution < -0.4 is 4.74 Å². The van der Waals surface area contributed by atoms with Crippen LogP contribution in [-0.2, 0) is 9.59 Å². The Morgan fingerprint density at radius 1 is 1.13 bits per heavy atom. The van der Waals surface area contributed by atoms with Gasteiger partial charge < -0.3 is 9.64 Å². The fraction of sp³-hybridized carbons (Fsp3) is 0.333. The second-order valence-electron chi connectivity index (χ2n) is 7.53. The van der Waals surface area contributed by atoms with E-state index in [1.165, 1.54) is 11.9 Å². The van der Waals surface area contributed by atoms with Gasteiger partial charge in [-0.15, -0.1) is 0 Å². The summed E-state index contributed by atoms with van der Waals surface area (Å²) in [6, 6.07) is 9.72. The van der Waals surface area contributed by atoms with Crippen LogP contribution >= 0.6 is 0 Å². The molecule has 3 rings (SSSR count). The lowest BCUT2D eigenvalue weighted by Gasteiger charge is -2.27. The monoisotopic (exact) mass is 412 g/mol. The fourth-order valence-electron chi connectivity index (χ4n) is 3.20. The molecule has 1 aliphatic rings. The van der Waals surface area contributed by atoms with E-state index in [-0.39, 0.29) is 19.6 Å². The van der Waals surface area contributed by atoms with Gasteiger partial charge in [0, 0.05) is 19.4 Å². The molecule has 0 saturated carbocycles. The Balaban J connectivity index is 1.75. The van der Waals surface area contributed by atoms with Crippen LogP contribution in [0, 0.1) is 0 Å². The Kier molecular flexibility index (Phi) is 6.02. The van der Waals surface area contributed by atoms with Gasteiger partial charge in [0.05, 0.1) is 12.6 Å². The van der Waals surface area contributed by atoms with Crippen LogP contribution in [0.25, 0.3) is 11.1 Å². The van der Waals surface area contributed by atoms with Gasteiger partial charge >= 0.3 is 6.03 Å². The summed E-state index contributed by atoms with van der Waals surface area (Å²) in [5, 5.41) is 10.1. The molecule has 1 N–H and O–H groups in total. The van der Waals surface area contributed by atoms with Crippen molar-refractivity contribution < 1.29 is 24.3 Å². The van der Waals surface area contributed by atoms with E-state index in [1.807, 2.05) is 24.3 Å². The number of hydrogen-bond donors (Lipinski definition) is 1. The molecular weight excluding hydrogens is 388 g/mol. The highest BCUT2D eigenvalue weighted by Gasteiger charge is 2.52. The van der Waals surface area contributed by atoms with Crippen LogP contribution in [0.4, 0.5) is 4.79 Å². The van der Waals surface area contributed by atoms with Gasteiger partial charge in [-0.1, -0.05) is 12.1 Å². The molecular formula is C21H24N4O5. The lowest BCUT2D eigenvalue weighted by molar-refractivity contribution is -0.155. The molecule has 1 aromatic carbocycles. The highest BCUT2D eigenvalue weighted by atomic mass is 16.5. The Hall–Kier alpha value is -3.46. The van der Waals surface area contributed by atoms with Crippen molar-refractivity contribution >= 4 is 18.3 Å². The van der Waals surface area contributed by atoms with Crippen LogP contribution in [0.2, 0.25) is 0 Å². The molecule has 2 heterocycles. The number of rotatable bonds is 8. The molecule has 0 bridgehead atoms. The van der Waals surface area contributed by atoms with Crippen molar-refractivity contribution in [2.75, 3.05) is 20.2 Å². The van der Waals surface area contributed by atoms with E-state index in [0.29, 0.717) is 10.8 Å². The number of aromatic nitrogens is 1. The maximum atomic E-state index is 12.8. The van der Waals surface area contributed by atoms with Gasteiger partial charge in [0.15, 0.2) is 0 Å². The molecule has 9 heteroatoms. The number of amides is 4. The topological polar surface area (TPSA) is 103 Å². The number of imide groups is 1. The average molecular weight is 412 g/mol. The van der Waals surface area contributed by atoms with Crippen LogP contribution in [0.1, 0.15) is 13.8 Å². The maximum Gasteiger partial charge on any atom is 0.327 e. The zero-order valence-corrected chi connectivity index (χ0v) is 17.1. The van der Waals surface area contributed by atoms with Crippen LogP contribution in [0.3, 0.4) is 0 Å². The molecule has 1 saturated heterocycles. The average Bonchev–Trinajstić information content (AvgIpc) is 2.91. The number of pyridine rings is 1. The van der Waals surface area contributed by atoms with E-state index in [9.17, 15) is 19.6 Å². The quantitative estimate of drug-likeness (QED) is 0.308. The summed E-state index contributed by atoms with van der Waals surface area (Å²) < 4.78 is 5.79. The Morgan fingerprint density at radius 3 is 2.27 bits per heavy atom.